The zero-order valence-electron chi connectivity index (χ0n) is 8.32. The maximum absolute atomic E-state index is 10.6. The van der Waals surface area contributed by atoms with E-state index in [0.29, 0.717) is 16.0 Å². The molecular weight excluding hydrogens is 210 g/mol. The topological polar surface area (TPSA) is 61.1 Å². The molecule has 0 unspecified atom stereocenters. The highest BCUT2D eigenvalue weighted by molar-refractivity contribution is 7.80. The molecule has 0 fully saturated rings. The third-order valence-corrected chi connectivity index (χ3v) is 2.54. The SMILES string of the molecule is CCc1cc(S)c(CC(=O)O)c(C#N)c1. The number of thiol groups is 1. The third kappa shape index (κ3) is 2.74. The van der Waals surface area contributed by atoms with Gasteiger partial charge in [-0.15, -0.1) is 12.6 Å². The van der Waals surface area contributed by atoms with Gasteiger partial charge >= 0.3 is 5.97 Å². The molecule has 3 nitrogen and oxygen atoms in total. The molecule has 0 aliphatic carbocycles. The first-order chi connectivity index (χ1) is 7.08. The molecule has 1 aromatic carbocycles. The van der Waals surface area contributed by atoms with Crippen LogP contribution in [0.1, 0.15) is 23.6 Å². The van der Waals surface area contributed by atoms with E-state index in [2.05, 4.69) is 12.6 Å². The standard InChI is InChI=1S/C11H11NO2S/c1-2-7-3-8(6-12)9(5-11(13)14)10(15)4-7/h3-4,15H,2,5H2,1H3,(H,13,14). The number of nitrogens with zero attached hydrogens (tertiary/aromatic N) is 1. The lowest BCUT2D eigenvalue weighted by Crippen LogP contribution is -2.04. The average Bonchev–Trinajstić information content (AvgIpc) is 2.20. The quantitative estimate of drug-likeness (QED) is 0.768. The van der Waals surface area contributed by atoms with E-state index in [9.17, 15) is 4.79 Å². The Balaban J connectivity index is 3.26. The fourth-order valence-electron chi connectivity index (χ4n) is 1.36. The van der Waals surface area contributed by atoms with Gasteiger partial charge in [-0.1, -0.05) is 6.92 Å². The maximum atomic E-state index is 10.6. The lowest BCUT2D eigenvalue weighted by atomic mass is 10.0. The van der Waals surface area contributed by atoms with Crippen LogP contribution in [0, 0.1) is 11.3 Å². The molecule has 0 amide bonds. The summed E-state index contributed by atoms with van der Waals surface area (Å²) in [5.74, 6) is -0.953. The van der Waals surface area contributed by atoms with Crippen molar-refractivity contribution in [3.05, 3.63) is 28.8 Å². The molecule has 0 spiro atoms. The Morgan fingerprint density at radius 3 is 2.73 bits per heavy atom. The van der Waals surface area contributed by atoms with Crippen LogP contribution in [0.25, 0.3) is 0 Å². The van der Waals surface area contributed by atoms with Crippen molar-refractivity contribution in [2.45, 2.75) is 24.7 Å². The van der Waals surface area contributed by atoms with Gasteiger partial charge < -0.3 is 5.11 Å². The van der Waals surface area contributed by atoms with E-state index < -0.39 is 5.97 Å². The van der Waals surface area contributed by atoms with Gasteiger partial charge in [0.2, 0.25) is 0 Å². The smallest absolute Gasteiger partial charge is 0.307 e. The van der Waals surface area contributed by atoms with Crippen LogP contribution in [0.15, 0.2) is 17.0 Å². The summed E-state index contributed by atoms with van der Waals surface area (Å²) in [5, 5.41) is 17.6. The summed E-state index contributed by atoms with van der Waals surface area (Å²) in [6, 6.07) is 5.53. The Labute approximate surface area is 93.8 Å². The summed E-state index contributed by atoms with van der Waals surface area (Å²) in [5.41, 5.74) is 1.89. The number of nitriles is 1. The van der Waals surface area contributed by atoms with Crippen molar-refractivity contribution >= 4 is 18.6 Å². The summed E-state index contributed by atoms with van der Waals surface area (Å²) in [4.78, 5) is 11.2. The highest BCUT2D eigenvalue weighted by atomic mass is 32.1. The molecule has 1 N–H and O–H groups in total. The molecule has 0 aliphatic heterocycles. The van der Waals surface area contributed by atoms with Crippen LogP contribution in [0.4, 0.5) is 0 Å². The molecule has 0 aliphatic rings. The number of hydrogen-bond donors (Lipinski definition) is 2. The number of aliphatic carboxylic acids is 1. The van der Waals surface area contributed by atoms with Gasteiger partial charge in [0.15, 0.2) is 0 Å². The second-order valence-corrected chi connectivity index (χ2v) is 3.66. The Hall–Kier alpha value is -1.47. The molecule has 0 radical (unpaired) electrons. The minimum atomic E-state index is -0.953. The van der Waals surface area contributed by atoms with Crippen LogP contribution in [0.3, 0.4) is 0 Å². The van der Waals surface area contributed by atoms with E-state index in [4.69, 9.17) is 10.4 Å². The first kappa shape index (κ1) is 11.6. The Morgan fingerprint density at radius 1 is 1.60 bits per heavy atom. The molecule has 0 aromatic heterocycles. The molecule has 78 valence electrons. The number of carboxylic acid groups (broad SMARTS) is 1. The van der Waals surface area contributed by atoms with Gasteiger partial charge in [0.1, 0.15) is 0 Å². The minimum absolute atomic E-state index is 0.161. The van der Waals surface area contributed by atoms with Crippen LogP contribution in [0.2, 0.25) is 0 Å². The lowest BCUT2D eigenvalue weighted by Gasteiger charge is -2.07. The van der Waals surface area contributed by atoms with Crippen LogP contribution in [-0.2, 0) is 17.6 Å². The molecule has 15 heavy (non-hydrogen) atoms. The average molecular weight is 221 g/mol. The van der Waals surface area contributed by atoms with Gasteiger partial charge in [-0.2, -0.15) is 5.26 Å². The first-order valence-corrected chi connectivity index (χ1v) is 4.99. The van der Waals surface area contributed by atoms with E-state index in [-0.39, 0.29) is 6.42 Å². The monoisotopic (exact) mass is 221 g/mol. The number of rotatable bonds is 3. The van der Waals surface area contributed by atoms with Gasteiger partial charge in [-0.25, -0.2) is 0 Å². The summed E-state index contributed by atoms with van der Waals surface area (Å²) in [6.45, 7) is 1.97. The second-order valence-electron chi connectivity index (χ2n) is 3.18. The highest BCUT2D eigenvalue weighted by Gasteiger charge is 2.11. The Bertz CT molecular complexity index is 435. The third-order valence-electron chi connectivity index (χ3n) is 2.14. The largest absolute Gasteiger partial charge is 0.481 e. The van der Waals surface area contributed by atoms with Crippen LogP contribution < -0.4 is 0 Å². The van der Waals surface area contributed by atoms with Crippen molar-refractivity contribution in [1.29, 1.82) is 5.26 Å². The summed E-state index contributed by atoms with van der Waals surface area (Å²) in [7, 11) is 0. The van der Waals surface area contributed by atoms with Gasteiger partial charge in [0.05, 0.1) is 18.1 Å². The van der Waals surface area contributed by atoms with Crippen molar-refractivity contribution in [3.63, 3.8) is 0 Å². The van der Waals surface area contributed by atoms with Crippen LogP contribution in [0.5, 0.6) is 0 Å². The van der Waals surface area contributed by atoms with E-state index in [1.54, 1.807) is 6.07 Å². The van der Waals surface area contributed by atoms with Crippen molar-refractivity contribution < 1.29 is 9.90 Å². The van der Waals surface area contributed by atoms with E-state index >= 15 is 0 Å². The van der Waals surface area contributed by atoms with E-state index in [0.717, 1.165) is 12.0 Å². The summed E-state index contributed by atoms with van der Waals surface area (Å²) in [6.07, 6.45) is 0.640. The lowest BCUT2D eigenvalue weighted by molar-refractivity contribution is -0.136. The van der Waals surface area contributed by atoms with Gasteiger partial charge in [-0.05, 0) is 29.7 Å². The number of benzene rings is 1. The predicted octanol–water partition coefficient (Wildman–Crippen LogP) is 2.04. The summed E-state index contributed by atoms with van der Waals surface area (Å²) >= 11 is 4.21. The molecule has 0 bridgehead atoms. The second kappa shape index (κ2) is 4.85. The van der Waals surface area contributed by atoms with Crippen molar-refractivity contribution in [2.75, 3.05) is 0 Å². The zero-order chi connectivity index (χ0) is 11.4. The van der Waals surface area contributed by atoms with Gasteiger partial charge in [0, 0.05) is 4.90 Å². The highest BCUT2D eigenvalue weighted by Crippen LogP contribution is 2.21. The zero-order valence-corrected chi connectivity index (χ0v) is 9.21. The predicted molar refractivity (Wildman–Crippen MR) is 59.1 cm³/mol. The Morgan fingerprint density at radius 2 is 2.27 bits per heavy atom. The molecule has 0 heterocycles. The Kier molecular flexibility index (Phi) is 3.75. The maximum Gasteiger partial charge on any atom is 0.307 e. The van der Waals surface area contributed by atoms with Gasteiger partial charge in [-0.3, -0.25) is 4.79 Å². The molecular formula is C11H11NO2S. The fraction of sp³-hybridized carbons (Fsp3) is 0.273. The molecule has 1 aromatic rings. The molecule has 1 rings (SSSR count). The van der Waals surface area contributed by atoms with Crippen molar-refractivity contribution in [2.24, 2.45) is 0 Å². The minimum Gasteiger partial charge on any atom is -0.481 e. The molecule has 4 heteroatoms. The van der Waals surface area contributed by atoms with E-state index in [1.807, 2.05) is 19.1 Å². The fourth-order valence-corrected chi connectivity index (χ4v) is 1.72. The number of carbonyl (C=O) groups is 1. The number of aryl methyl sites for hydroxylation is 1. The summed E-state index contributed by atoms with van der Waals surface area (Å²) < 4.78 is 0. The van der Waals surface area contributed by atoms with Gasteiger partial charge in [0.25, 0.3) is 0 Å². The van der Waals surface area contributed by atoms with E-state index in [1.165, 1.54) is 0 Å². The molecule has 0 saturated carbocycles. The molecule has 0 saturated heterocycles. The molecule has 0 atom stereocenters. The first-order valence-electron chi connectivity index (χ1n) is 4.55. The normalized spacial score (nSPS) is 9.67. The number of carboxylic acids is 1. The number of hydrogen-bond acceptors (Lipinski definition) is 3. The van der Waals surface area contributed by atoms with Crippen LogP contribution >= 0.6 is 12.6 Å². The van der Waals surface area contributed by atoms with Crippen molar-refractivity contribution in [3.8, 4) is 6.07 Å². The van der Waals surface area contributed by atoms with Crippen LogP contribution in [-0.4, -0.2) is 11.1 Å². The van der Waals surface area contributed by atoms with Crippen molar-refractivity contribution in [1.82, 2.24) is 0 Å².